The Morgan fingerprint density at radius 2 is 2.00 bits per heavy atom. The van der Waals surface area contributed by atoms with Crippen LogP contribution in [0.1, 0.15) is 62.2 Å². The molecule has 3 rings (SSSR count). The number of fused-ring (bicyclic) bond motifs is 1. The maximum Gasteiger partial charge on any atom is 0.253 e. The highest BCUT2D eigenvalue weighted by molar-refractivity contribution is 9.10. The Hall–Kier alpha value is -1.29. The zero-order chi connectivity index (χ0) is 16.9. The summed E-state index contributed by atoms with van der Waals surface area (Å²) in [5, 5.41) is 4.17. The van der Waals surface area contributed by atoms with Gasteiger partial charge in [0.15, 0.2) is 0 Å². The molecule has 1 N–H and O–H groups in total. The van der Waals surface area contributed by atoms with Crippen molar-refractivity contribution in [3.05, 3.63) is 34.4 Å². The molecule has 1 aliphatic rings. The van der Waals surface area contributed by atoms with E-state index in [1.807, 2.05) is 18.3 Å². The van der Waals surface area contributed by atoms with Crippen LogP contribution in [0, 0.1) is 5.92 Å². The summed E-state index contributed by atoms with van der Waals surface area (Å²) in [6.45, 7) is 3.75. The van der Waals surface area contributed by atoms with Crippen molar-refractivity contribution in [2.45, 2.75) is 58.4 Å². The molecule has 1 fully saturated rings. The number of benzene rings is 1. The average Bonchev–Trinajstić information content (AvgIpc) is 2.77. The van der Waals surface area contributed by atoms with Crippen molar-refractivity contribution in [1.82, 2.24) is 9.88 Å². The van der Waals surface area contributed by atoms with Gasteiger partial charge in [0.2, 0.25) is 0 Å². The lowest BCUT2D eigenvalue weighted by Crippen LogP contribution is -2.25. The fraction of sp³-hybridized carbons (Fsp3) is 0.550. The van der Waals surface area contributed by atoms with Crippen LogP contribution >= 0.6 is 15.9 Å². The molecule has 0 radical (unpaired) electrons. The molecule has 4 heteroatoms. The molecule has 0 saturated heterocycles. The molecule has 0 aliphatic heterocycles. The van der Waals surface area contributed by atoms with Gasteiger partial charge in [-0.05, 0) is 31.4 Å². The van der Waals surface area contributed by atoms with Gasteiger partial charge in [-0.3, -0.25) is 4.79 Å². The predicted octanol–water partition coefficient (Wildman–Crippen LogP) is 5.51. The Bertz CT molecular complexity index is 699. The van der Waals surface area contributed by atoms with Gasteiger partial charge in [0.05, 0.1) is 5.56 Å². The lowest BCUT2D eigenvalue weighted by Gasteiger charge is -2.14. The third kappa shape index (κ3) is 3.85. The number of hydrogen-bond donors (Lipinski definition) is 1. The van der Waals surface area contributed by atoms with Crippen LogP contribution in [0.25, 0.3) is 10.9 Å². The second kappa shape index (κ2) is 8.19. The first-order valence-electron chi connectivity index (χ1n) is 9.26. The van der Waals surface area contributed by atoms with E-state index in [-0.39, 0.29) is 5.91 Å². The van der Waals surface area contributed by atoms with Crippen LogP contribution in [0.2, 0.25) is 0 Å². The van der Waals surface area contributed by atoms with E-state index < -0.39 is 0 Å². The van der Waals surface area contributed by atoms with Crippen molar-refractivity contribution in [1.29, 1.82) is 0 Å². The molecule has 0 atom stereocenters. The van der Waals surface area contributed by atoms with E-state index in [2.05, 4.69) is 38.8 Å². The normalized spacial score (nSPS) is 16.2. The van der Waals surface area contributed by atoms with Crippen LogP contribution in [0.5, 0.6) is 0 Å². The smallest absolute Gasteiger partial charge is 0.253 e. The standard InChI is InChI=1S/C20H27BrN2O/c1-2-23-14-16(19-17(21)10-7-11-18(19)23)20(24)22-13-12-15-8-5-3-4-6-9-15/h7,10-11,14-15H,2-6,8-9,12-13H2,1H3,(H,22,24). The molecule has 1 aromatic heterocycles. The largest absolute Gasteiger partial charge is 0.352 e. The number of carbonyl (C=O) groups excluding carboxylic acids is 1. The van der Waals surface area contributed by atoms with Crippen molar-refractivity contribution < 1.29 is 4.79 Å². The molecule has 1 aliphatic carbocycles. The van der Waals surface area contributed by atoms with Gasteiger partial charge in [0.1, 0.15) is 0 Å². The van der Waals surface area contributed by atoms with Gasteiger partial charge < -0.3 is 9.88 Å². The fourth-order valence-corrected chi connectivity index (χ4v) is 4.45. The minimum absolute atomic E-state index is 0.0488. The summed E-state index contributed by atoms with van der Waals surface area (Å²) in [4.78, 5) is 12.7. The van der Waals surface area contributed by atoms with Gasteiger partial charge >= 0.3 is 0 Å². The number of hydrogen-bond acceptors (Lipinski definition) is 1. The first-order valence-corrected chi connectivity index (χ1v) is 10.1. The monoisotopic (exact) mass is 390 g/mol. The van der Waals surface area contributed by atoms with Crippen LogP contribution in [-0.4, -0.2) is 17.0 Å². The Balaban J connectivity index is 1.67. The SMILES string of the molecule is CCn1cc(C(=O)NCCC2CCCCCC2)c2c(Br)cccc21. The van der Waals surface area contributed by atoms with Gasteiger partial charge in [-0.2, -0.15) is 0 Å². The molecule has 0 bridgehead atoms. The first kappa shape index (κ1) is 17.5. The average molecular weight is 391 g/mol. The molecule has 24 heavy (non-hydrogen) atoms. The molecule has 1 amide bonds. The Kier molecular flexibility index (Phi) is 5.99. The summed E-state index contributed by atoms with van der Waals surface area (Å²) in [6.07, 6.45) is 11.2. The Morgan fingerprint density at radius 1 is 1.25 bits per heavy atom. The molecule has 0 spiro atoms. The predicted molar refractivity (Wildman–Crippen MR) is 103 cm³/mol. The molecule has 0 unspecified atom stereocenters. The second-order valence-electron chi connectivity index (χ2n) is 6.86. The van der Waals surface area contributed by atoms with Crippen LogP contribution in [0.3, 0.4) is 0 Å². The number of amides is 1. The molecule has 2 aromatic rings. The summed E-state index contributed by atoms with van der Waals surface area (Å²) in [7, 11) is 0. The number of halogens is 1. The molecular weight excluding hydrogens is 364 g/mol. The summed E-state index contributed by atoms with van der Waals surface area (Å²) < 4.78 is 3.13. The van der Waals surface area contributed by atoms with Gasteiger partial charge in [0, 0.05) is 34.7 Å². The lowest BCUT2D eigenvalue weighted by molar-refractivity contribution is 0.0952. The van der Waals surface area contributed by atoms with E-state index in [9.17, 15) is 4.79 Å². The van der Waals surface area contributed by atoms with Crippen LogP contribution in [-0.2, 0) is 6.54 Å². The topological polar surface area (TPSA) is 34.0 Å². The zero-order valence-corrected chi connectivity index (χ0v) is 16.1. The fourth-order valence-electron chi connectivity index (χ4n) is 3.88. The highest BCUT2D eigenvalue weighted by Crippen LogP contribution is 2.29. The maximum atomic E-state index is 12.7. The van der Waals surface area contributed by atoms with E-state index in [0.29, 0.717) is 0 Å². The van der Waals surface area contributed by atoms with Crippen molar-refractivity contribution >= 4 is 32.7 Å². The summed E-state index contributed by atoms with van der Waals surface area (Å²) in [5.41, 5.74) is 1.89. The van der Waals surface area contributed by atoms with Gasteiger partial charge in [0.25, 0.3) is 5.91 Å². The molecule has 3 nitrogen and oxygen atoms in total. The number of nitrogens with zero attached hydrogens (tertiary/aromatic N) is 1. The van der Waals surface area contributed by atoms with Gasteiger partial charge in [-0.25, -0.2) is 0 Å². The molecule has 1 heterocycles. The summed E-state index contributed by atoms with van der Waals surface area (Å²) >= 11 is 3.60. The minimum atomic E-state index is 0.0488. The van der Waals surface area contributed by atoms with Gasteiger partial charge in [-0.1, -0.05) is 60.5 Å². The number of carbonyl (C=O) groups is 1. The van der Waals surface area contributed by atoms with Crippen molar-refractivity contribution in [3.8, 4) is 0 Å². The van der Waals surface area contributed by atoms with Gasteiger partial charge in [-0.15, -0.1) is 0 Å². The lowest BCUT2D eigenvalue weighted by atomic mass is 9.97. The number of nitrogens with one attached hydrogen (secondary N) is 1. The Labute approximate surface area is 152 Å². The zero-order valence-electron chi connectivity index (χ0n) is 14.5. The maximum absolute atomic E-state index is 12.7. The second-order valence-corrected chi connectivity index (χ2v) is 7.72. The number of aromatic nitrogens is 1. The molecular formula is C20H27BrN2O. The number of rotatable bonds is 5. The van der Waals surface area contributed by atoms with Crippen LogP contribution in [0.15, 0.2) is 28.9 Å². The minimum Gasteiger partial charge on any atom is -0.352 e. The van der Waals surface area contributed by atoms with Crippen molar-refractivity contribution in [3.63, 3.8) is 0 Å². The van der Waals surface area contributed by atoms with E-state index in [4.69, 9.17) is 0 Å². The molecule has 1 aromatic carbocycles. The quantitative estimate of drug-likeness (QED) is 0.670. The molecule has 1 saturated carbocycles. The van der Waals surface area contributed by atoms with E-state index >= 15 is 0 Å². The van der Waals surface area contributed by atoms with Crippen molar-refractivity contribution in [2.75, 3.05) is 6.54 Å². The van der Waals surface area contributed by atoms with E-state index in [1.54, 1.807) is 0 Å². The molecule has 130 valence electrons. The highest BCUT2D eigenvalue weighted by Gasteiger charge is 2.17. The summed E-state index contributed by atoms with van der Waals surface area (Å²) in [5.74, 6) is 0.837. The third-order valence-corrected chi connectivity index (χ3v) is 5.91. The Morgan fingerprint density at radius 3 is 2.71 bits per heavy atom. The van der Waals surface area contributed by atoms with Crippen molar-refractivity contribution in [2.24, 2.45) is 5.92 Å². The third-order valence-electron chi connectivity index (χ3n) is 5.25. The van der Waals surface area contributed by atoms with E-state index in [1.165, 1.54) is 38.5 Å². The summed E-state index contributed by atoms with van der Waals surface area (Å²) in [6, 6.07) is 6.10. The highest BCUT2D eigenvalue weighted by atomic mass is 79.9. The van der Waals surface area contributed by atoms with Crippen LogP contribution < -0.4 is 5.32 Å². The number of aryl methyl sites for hydroxylation is 1. The van der Waals surface area contributed by atoms with E-state index in [0.717, 1.165) is 46.4 Å². The first-order chi connectivity index (χ1) is 11.7. The van der Waals surface area contributed by atoms with Crippen LogP contribution in [0.4, 0.5) is 0 Å².